The van der Waals surface area contributed by atoms with Gasteiger partial charge in [-0.15, -0.1) is 0 Å². The van der Waals surface area contributed by atoms with Crippen molar-refractivity contribution < 1.29 is 4.79 Å². The van der Waals surface area contributed by atoms with Crippen molar-refractivity contribution in [3.8, 4) is 0 Å². The molecule has 1 aliphatic carbocycles. The fourth-order valence-corrected chi connectivity index (χ4v) is 2.82. The van der Waals surface area contributed by atoms with Gasteiger partial charge in [-0.05, 0) is 24.7 Å². The van der Waals surface area contributed by atoms with E-state index in [1.165, 1.54) is 25.7 Å². The van der Waals surface area contributed by atoms with Gasteiger partial charge in [-0.25, -0.2) is 0 Å². The maximum absolute atomic E-state index is 11.8. The second kappa shape index (κ2) is 5.53. The van der Waals surface area contributed by atoms with Gasteiger partial charge < -0.3 is 0 Å². The molecule has 1 fully saturated rings. The van der Waals surface area contributed by atoms with E-state index in [4.69, 9.17) is 0 Å². The largest absolute Gasteiger partial charge is 0.299 e. The molecule has 1 nitrogen and oxygen atoms in total. The van der Waals surface area contributed by atoms with Gasteiger partial charge in [0, 0.05) is 12.3 Å². The predicted molar refractivity (Wildman–Crippen MR) is 60.2 cm³/mol. The van der Waals surface area contributed by atoms with E-state index in [2.05, 4.69) is 20.8 Å². The van der Waals surface area contributed by atoms with Crippen molar-refractivity contribution in [3.63, 3.8) is 0 Å². The third-order valence-corrected chi connectivity index (χ3v) is 3.99. The lowest BCUT2D eigenvalue weighted by Gasteiger charge is -2.32. The van der Waals surface area contributed by atoms with Crippen LogP contribution in [-0.2, 0) is 4.79 Å². The van der Waals surface area contributed by atoms with E-state index < -0.39 is 0 Å². The van der Waals surface area contributed by atoms with Gasteiger partial charge >= 0.3 is 0 Å². The summed E-state index contributed by atoms with van der Waals surface area (Å²) in [5.41, 5.74) is 0. The second-order valence-corrected chi connectivity index (χ2v) is 4.70. The van der Waals surface area contributed by atoms with Crippen molar-refractivity contribution in [1.29, 1.82) is 0 Å². The smallest absolute Gasteiger partial charge is 0.136 e. The van der Waals surface area contributed by atoms with Crippen LogP contribution in [0.15, 0.2) is 0 Å². The van der Waals surface area contributed by atoms with Gasteiger partial charge in [0.15, 0.2) is 0 Å². The average Bonchev–Trinajstić information content (AvgIpc) is 2.22. The van der Waals surface area contributed by atoms with Crippen molar-refractivity contribution in [2.75, 3.05) is 0 Å². The van der Waals surface area contributed by atoms with E-state index in [0.717, 1.165) is 18.8 Å². The molecule has 0 aromatic rings. The Morgan fingerprint density at radius 2 is 1.93 bits per heavy atom. The van der Waals surface area contributed by atoms with Gasteiger partial charge in [0.05, 0.1) is 0 Å². The molecule has 0 heterocycles. The maximum Gasteiger partial charge on any atom is 0.136 e. The van der Waals surface area contributed by atoms with Crippen molar-refractivity contribution in [3.05, 3.63) is 0 Å². The van der Waals surface area contributed by atoms with E-state index in [1.807, 2.05) is 0 Å². The lowest BCUT2D eigenvalue weighted by atomic mass is 9.72. The van der Waals surface area contributed by atoms with Crippen molar-refractivity contribution >= 4 is 5.78 Å². The Morgan fingerprint density at radius 3 is 2.43 bits per heavy atom. The van der Waals surface area contributed by atoms with Crippen LogP contribution in [0.5, 0.6) is 0 Å². The zero-order valence-electron chi connectivity index (χ0n) is 9.88. The van der Waals surface area contributed by atoms with E-state index in [0.29, 0.717) is 17.6 Å². The van der Waals surface area contributed by atoms with Gasteiger partial charge in [0.25, 0.3) is 0 Å². The highest BCUT2D eigenvalue weighted by Crippen LogP contribution is 2.35. The van der Waals surface area contributed by atoms with E-state index >= 15 is 0 Å². The summed E-state index contributed by atoms with van der Waals surface area (Å²) in [5.74, 6) is 2.40. The van der Waals surface area contributed by atoms with Crippen LogP contribution in [0.25, 0.3) is 0 Å². The number of carbonyl (C=O) groups excluding carboxylic acids is 1. The molecule has 2 unspecified atom stereocenters. The predicted octanol–water partition coefficient (Wildman–Crippen LogP) is 3.82. The number of hydrogen-bond donors (Lipinski definition) is 0. The topological polar surface area (TPSA) is 17.1 Å². The van der Waals surface area contributed by atoms with Crippen molar-refractivity contribution in [2.45, 2.75) is 59.3 Å². The molecule has 0 aliphatic heterocycles. The minimum absolute atomic E-state index is 0.392. The number of rotatable bonds is 4. The fraction of sp³-hybridized carbons (Fsp3) is 0.923. The molecule has 1 rings (SSSR count). The molecule has 0 radical (unpaired) electrons. The zero-order chi connectivity index (χ0) is 10.6. The van der Waals surface area contributed by atoms with Crippen molar-refractivity contribution in [2.24, 2.45) is 17.8 Å². The Labute approximate surface area is 88.3 Å². The standard InChI is InChI=1S/C13H24O/c1-4-10-7-8-13(14)12(9-10)11(5-2)6-3/h10-12H,4-9H2,1-3H3. The summed E-state index contributed by atoms with van der Waals surface area (Å²) < 4.78 is 0. The molecule has 1 heteroatoms. The van der Waals surface area contributed by atoms with Crippen LogP contribution in [0, 0.1) is 17.8 Å². The molecule has 0 bridgehead atoms. The third-order valence-electron chi connectivity index (χ3n) is 3.99. The number of carbonyl (C=O) groups is 1. The monoisotopic (exact) mass is 196 g/mol. The minimum Gasteiger partial charge on any atom is -0.299 e. The van der Waals surface area contributed by atoms with Crippen LogP contribution in [0.1, 0.15) is 59.3 Å². The minimum atomic E-state index is 0.392. The molecule has 0 N–H and O–H groups in total. The molecule has 1 aliphatic rings. The van der Waals surface area contributed by atoms with Crippen LogP contribution in [-0.4, -0.2) is 5.78 Å². The summed E-state index contributed by atoms with van der Waals surface area (Å²) >= 11 is 0. The highest BCUT2D eigenvalue weighted by atomic mass is 16.1. The van der Waals surface area contributed by atoms with E-state index in [9.17, 15) is 4.79 Å². The Hall–Kier alpha value is -0.330. The van der Waals surface area contributed by atoms with E-state index in [1.54, 1.807) is 0 Å². The summed E-state index contributed by atoms with van der Waals surface area (Å²) in [7, 11) is 0. The molecular formula is C13H24O. The SMILES string of the molecule is CCC1CCC(=O)C(C(CC)CC)C1. The summed E-state index contributed by atoms with van der Waals surface area (Å²) in [4.78, 5) is 11.8. The fourth-order valence-electron chi connectivity index (χ4n) is 2.82. The molecule has 14 heavy (non-hydrogen) atoms. The first-order valence-electron chi connectivity index (χ1n) is 6.25. The Bertz CT molecular complexity index is 182. The first-order valence-corrected chi connectivity index (χ1v) is 6.25. The van der Waals surface area contributed by atoms with Gasteiger partial charge in [0.1, 0.15) is 5.78 Å². The summed E-state index contributed by atoms with van der Waals surface area (Å²) in [5, 5.41) is 0. The van der Waals surface area contributed by atoms with Crippen LogP contribution >= 0.6 is 0 Å². The molecule has 0 aromatic heterocycles. The Morgan fingerprint density at radius 1 is 1.29 bits per heavy atom. The highest BCUT2D eigenvalue weighted by molar-refractivity contribution is 5.82. The highest BCUT2D eigenvalue weighted by Gasteiger charge is 2.31. The molecule has 82 valence electrons. The molecule has 0 aromatic carbocycles. The van der Waals surface area contributed by atoms with E-state index in [-0.39, 0.29) is 0 Å². The summed E-state index contributed by atoms with van der Waals surface area (Å²) in [6, 6.07) is 0. The maximum atomic E-state index is 11.8. The van der Waals surface area contributed by atoms with Gasteiger partial charge in [0.2, 0.25) is 0 Å². The summed E-state index contributed by atoms with van der Waals surface area (Å²) in [6.45, 7) is 6.69. The lowest BCUT2D eigenvalue weighted by Crippen LogP contribution is -2.30. The zero-order valence-corrected chi connectivity index (χ0v) is 9.88. The van der Waals surface area contributed by atoms with Crippen LogP contribution < -0.4 is 0 Å². The molecular weight excluding hydrogens is 172 g/mol. The Kier molecular flexibility index (Phi) is 4.64. The number of hydrogen-bond acceptors (Lipinski definition) is 1. The summed E-state index contributed by atoms with van der Waals surface area (Å²) in [6.07, 6.45) is 6.75. The number of ketones is 1. The first-order chi connectivity index (χ1) is 6.72. The quantitative estimate of drug-likeness (QED) is 0.668. The average molecular weight is 196 g/mol. The number of Topliss-reactive ketones (excluding diaryl/α,β-unsaturated/α-hetero) is 1. The molecule has 2 atom stereocenters. The van der Waals surface area contributed by atoms with Crippen LogP contribution in [0.4, 0.5) is 0 Å². The molecule has 1 saturated carbocycles. The van der Waals surface area contributed by atoms with Gasteiger partial charge in [-0.3, -0.25) is 4.79 Å². The molecule has 0 spiro atoms. The van der Waals surface area contributed by atoms with Crippen LogP contribution in [0.2, 0.25) is 0 Å². The van der Waals surface area contributed by atoms with Crippen molar-refractivity contribution in [1.82, 2.24) is 0 Å². The lowest BCUT2D eigenvalue weighted by molar-refractivity contribution is -0.127. The first kappa shape index (κ1) is 11.7. The normalized spacial score (nSPS) is 28.4. The van der Waals surface area contributed by atoms with Gasteiger partial charge in [-0.2, -0.15) is 0 Å². The van der Waals surface area contributed by atoms with Gasteiger partial charge in [-0.1, -0.05) is 40.0 Å². The molecule has 0 amide bonds. The molecule has 0 saturated heterocycles. The third kappa shape index (κ3) is 2.59. The second-order valence-electron chi connectivity index (χ2n) is 4.70. The Balaban J connectivity index is 2.59. The van der Waals surface area contributed by atoms with Crippen LogP contribution in [0.3, 0.4) is 0 Å².